The van der Waals surface area contributed by atoms with Gasteiger partial charge in [0.25, 0.3) is 5.17 Å². The predicted molar refractivity (Wildman–Crippen MR) is 142 cm³/mol. The lowest BCUT2D eigenvalue weighted by molar-refractivity contribution is 0.451. The van der Waals surface area contributed by atoms with E-state index >= 15 is 0 Å². The minimum absolute atomic E-state index is 0.395. The molecule has 0 bridgehead atoms. The van der Waals surface area contributed by atoms with Gasteiger partial charge in [-0.3, -0.25) is 0 Å². The Labute approximate surface area is 199 Å². The summed E-state index contributed by atoms with van der Waals surface area (Å²) in [6.45, 7) is 13.3. The number of ether oxygens (including phenoxy) is 1. The van der Waals surface area contributed by atoms with E-state index in [1.54, 1.807) is 0 Å². The zero-order chi connectivity index (χ0) is 23.6. The number of hydrogen-bond donors (Lipinski definition) is 0. The van der Waals surface area contributed by atoms with Crippen LogP contribution in [0.2, 0.25) is 0 Å². The third-order valence-corrected chi connectivity index (χ3v) is 6.38. The van der Waals surface area contributed by atoms with E-state index in [-0.39, 0.29) is 0 Å². The number of rotatable bonds is 5. The average molecular weight is 446 g/mol. The summed E-state index contributed by atoms with van der Waals surface area (Å²) in [5.41, 5.74) is 9.66. The summed E-state index contributed by atoms with van der Waals surface area (Å²) in [4.78, 5) is 1.85. The van der Waals surface area contributed by atoms with Gasteiger partial charge in [0.15, 0.2) is 0 Å². The van der Waals surface area contributed by atoms with Crippen LogP contribution < -0.4 is 4.74 Å². The number of hydrogen-bond acceptors (Lipinski definition) is 2. The maximum absolute atomic E-state index is 6.54. The lowest BCUT2D eigenvalue weighted by Crippen LogP contribution is -2.25. The highest BCUT2D eigenvalue weighted by molar-refractivity contribution is 7.80. The monoisotopic (exact) mass is 445 g/mol. The van der Waals surface area contributed by atoms with E-state index in [1.807, 2.05) is 19.0 Å². The molecule has 0 aliphatic carbocycles. The number of nitrogens with zero attached hydrogens (tertiary/aromatic N) is 1. The molecule has 0 radical (unpaired) electrons. The fourth-order valence-electron chi connectivity index (χ4n) is 4.36. The zero-order valence-electron chi connectivity index (χ0n) is 20.6. The van der Waals surface area contributed by atoms with Crippen molar-refractivity contribution in [2.24, 2.45) is 0 Å². The molecule has 0 aliphatic rings. The van der Waals surface area contributed by atoms with Crippen LogP contribution in [0.15, 0.2) is 54.6 Å². The van der Waals surface area contributed by atoms with Crippen molar-refractivity contribution in [3.63, 3.8) is 0 Å². The van der Waals surface area contributed by atoms with Crippen LogP contribution in [0, 0.1) is 13.8 Å². The molecular formula is C29H35NOS. The van der Waals surface area contributed by atoms with Crippen molar-refractivity contribution in [1.82, 2.24) is 4.90 Å². The van der Waals surface area contributed by atoms with Crippen LogP contribution in [-0.4, -0.2) is 24.2 Å². The molecule has 3 rings (SSSR count). The Morgan fingerprint density at radius 1 is 0.750 bits per heavy atom. The second-order valence-electron chi connectivity index (χ2n) is 9.34. The molecule has 0 N–H and O–H groups in total. The highest BCUT2D eigenvalue weighted by Gasteiger charge is 2.24. The lowest BCUT2D eigenvalue weighted by atomic mass is 9.84. The van der Waals surface area contributed by atoms with Crippen LogP contribution in [-0.2, 0) is 0 Å². The minimum Gasteiger partial charge on any atom is -0.430 e. The van der Waals surface area contributed by atoms with Crippen LogP contribution in [0.4, 0.5) is 0 Å². The Morgan fingerprint density at radius 2 is 1.16 bits per heavy atom. The number of aryl methyl sites for hydroxylation is 2. The van der Waals surface area contributed by atoms with Crippen LogP contribution in [0.1, 0.15) is 61.8 Å². The van der Waals surface area contributed by atoms with Crippen LogP contribution in [0.3, 0.4) is 0 Å². The van der Waals surface area contributed by atoms with Gasteiger partial charge in [-0.2, -0.15) is 0 Å². The molecule has 0 amide bonds. The molecule has 0 saturated heterocycles. The van der Waals surface area contributed by atoms with E-state index in [0.717, 1.165) is 16.9 Å². The first-order valence-corrected chi connectivity index (χ1v) is 11.8. The Bertz CT molecular complexity index is 1050. The molecule has 168 valence electrons. The van der Waals surface area contributed by atoms with Gasteiger partial charge in [-0.15, -0.1) is 0 Å². The largest absolute Gasteiger partial charge is 0.430 e. The van der Waals surface area contributed by atoms with E-state index in [0.29, 0.717) is 17.0 Å². The molecule has 0 unspecified atom stereocenters. The summed E-state index contributed by atoms with van der Waals surface area (Å²) in [5, 5.41) is 0.460. The molecular weight excluding hydrogens is 410 g/mol. The standard InChI is InChI=1S/C29H35NOS/c1-18(2)22-13-9-11-15-24(22)26-20(5)17-21(6)27(28(26)31-29(32)30(7)8)25-16-12-10-14-23(25)19(3)4/h9-19H,1-8H3. The van der Waals surface area contributed by atoms with Gasteiger partial charge in [0.2, 0.25) is 0 Å². The van der Waals surface area contributed by atoms with Crippen molar-refractivity contribution < 1.29 is 4.74 Å². The first kappa shape index (κ1) is 24.0. The highest BCUT2D eigenvalue weighted by Crippen LogP contribution is 2.47. The average Bonchev–Trinajstić information content (AvgIpc) is 2.73. The van der Waals surface area contributed by atoms with Crippen molar-refractivity contribution in [3.8, 4) is 28.0 Å². The van der Waals surface area contributed by atoms with Gasteiger partial charge in [0, 0.05) is 25.2 Å². The Morgan fingerprint density at radius 3 is 1.53 bits per heavy atom. The summed E-state index contributed by atoms with van der Waals surface area (Å²) < 4.78 is 6.54. The zero-order valence-corrected chi connectivity index (χ0v) is 21.4. The summed E-state index contributed by atoms with van der Waals surface area (Å²) in [6, 6.07) is 19.6. The van der Waals surface area contributed by atoms with E-state index < -0.39 is 0 Å². The van der Waals surface area contributed by atoms with Gasteiger partial charge in [0.1, 0.15) is 5.75 Å². The summed E-state index contributed by atoms with van der Waals surface area (Å²) in [5.74, 6) is 1.64. The molecule has 2 nitrogen and oxygen atoms in total. The number of thiocarbonyl (C=S) groups is 1. The van der Waals surface area contributed by atoms with Gasteiger partial charge in [-0.05, 0) is 71.3 Å². The summed E-state index contributed by atoms with van der Waals surface area (Å²) in [7, 11) is 3.85. The fraction of sp³-hybridized carbons (Fsp3) is 0.345. The quantitative estimate of drug-likeness (QED) is 0.368. The van der Waals surface area contributed by atoms with E-state index in [4.69, 9.17) is 17.0 Å². The molecule has 0 saturated carbocycles. The molecule has 0 spiro atoms. The van der Waals surface area contributed by atoms with Crippen molar-refractivity contribution in [2.45, 2.75) is 53.4 Å². The Hall–Kier alpha value is -2.65. The Kier molecular flexibility index (Phi) is 7.40. The minimum atomic E-state index is 0.395. The van der Waals surface area contributed by atoms with Crippen molar-refractivity contribution in [3.05, 3.63) is 76.9 Å². The third kappa shape index (κ3) is 4.73. The molecule has 3 heteroatoms. The van der Waals surface area contributed by atoms with Crippen LogP contribution >= 0.6 is 12.2 Å². The smallest absolute Gasteiger partial charge is 0.264 e. The lowest BCUT2D eigenvalue weighted by Gasteiger charge is -2.26. The summed E-state index contributed by atoms with van der Waals surface area (Å²) >= 11 is 5.64. The molecule has 3 aromatic carbocycles. The molecule has 32 heavy (non-hydrogen) atoms. The summed E-state index contributed by atoms with van der Waals surface area (Å²) in [6.07, 6.45) is 0. The molecule has 0 atom stereocenters. The number of benzene rings is 3. The maximum Gasteiger partial charge on any atom is 0.264 e. The first-order chi connectivity index (χ1) is 15.1. The van der Waals surface area contributed by atoms with E-state index in [1.165, 1.54) is 33.4 Å². The topological polar surface area (TPSA) is 12.5 Å². The van der Waals surface area contributed by atoms with E-state index in [2.05, 4.69) is 96.1 Å². The van der Waals surface area contributed by atoms with E-state index in [9.17, 15) is 0 Å². The second-order valence-corrected chi connectivity index (χ2v) is 9.69. The molecule has 0 aliphatic heterocycles. The molecule has 0 heterocycles. The first-order valence-electron chi connectivity index (χ1n) is 11.3. The van der Waals surface area contributed by atoms with Crippen molar-refractivity contribution in [2.75, 3.05) is 14.1 Å². The SMILES string of the molecule is Cc1cc(C)c(-c2ccccc2C(C)C)c(OC(=S)N(C)C)c1-c1ccccc1C(C)C. The van der Waals surface area contributed by atoms with Crippen LogP contribution in [0.25, 0.3) is 22.3 Å². The molecule has 0 aromatic heterocycles. The van der Waals surface area contributed by atoms with Gasteiger partial charge in [0.05, 0.1) is 0 Å². The maximum atomic E-state index is 6.54. The second kappa shape index (κ2) is 9.87. The Balaban J connectivity index is 2.45. The highest BCUT2D eigenvalue weighted by atomic mass is 32.1. The molecule has 0 fully saturated rings. The third-order valence-electron chi connectivity index (χ3n) is 5.93. The van der Waals surface area contributed by atoms with Crippen molar-refractivity contribution in [1.29, 1.82) is 0 Å². The van der Waals surface area contributed by atoms with Crippen LogP contribution in [0.5, 0.6) is 5.75 Å². The van der Waals surface area contributed by atoms with Gasteiger partial charge < -0.3 is 9.64 Å². The molecule has 3 aromatic rings. The normalized spacial score (nSPS) is 11.2. The predicted octanol–water partition coefficient (Wildman–Crippen LogP) is 8.11. The van der Waals surface area contributed by atoms with Gasteiger partial charge in [-0.1, -0.05) is 82.3 Å². The van der Waals surface area contributed by atoms with Gasteiger partial charge in [-0.25, -0.2) is 0 Å². The van der Waals surface area contributed by atoms with Gasteiger partial charge >= 0.3 is 0 Å². The fourth-order valence-corrected chi connectivity index (χ4v) is 4.44. The van der Waals surface area contributed by atoms with Crippen molar-refractivity contribution >= 4 is 17.4 Å².